The number of Topliss-reactive ketones (excluding diaryl/α,β-unsaturated/α-hetero) is 1. The molecule has 0 aliphatic carbocycles. The molecule has 1 aliphatic heterocycles. The zero-order valence-electron chi connectivity index (χ0n) is 19.4. The van der Waals surface area contributed by atoms with Crippen LogP contribution in [0.15, 0.2) is 84.4 Å². The van der Waals surface area contributed by atoms with E-state index in [-0.39, 0.29) is 24.0 Å². The van der Waals surface area contributed by atoms with Crippen LogP contribution in [0.1, 0.15) is 36.6 Å². The monoisotopic (exact) mass is 457 g/mol. The highest BCUT2D eigenvalue weighted by molar-refractivity contribution is 6.46. The highest BCUT2D eigenvalue weighted by Crippen LogP contribution is 2.41. The van der Waals surface area contributed by atoms with Gasteiger partial charge in [0.15, 0.2) is 0 Å². The third-order valence-corrected chi connectivity index (χ3v) is 5.64. The minimum atomic E-state index is -0.762. The summed E-state index contributed by atoms with van der Waals surface area (Å²) in [7, 11) is 1.56. The number of ketones is 1. The molecule has 1 fully saturated rings. The zero-order valence-corrected chi connectivity index (χ0v) is 19.4. The Kier molecular flexibility index (Phi) is 6.68. The summed E-state index contributed by atoms with van der Waals surface area (Å²) in [6.45, 7) is 4.10. The van der Waals surface area contributed by atoms with Crippen LogP contribution in [0.2, 0.25) is 0 Å². The molecule has 0 saturated carbocycles. The maximum atomic E-state index is 13.2. The number of aliphatic hydroxyl groups is 1. The first-order valence-corrected chi connectivity index (χ1v) is 11.1. The van der Waals surface area contributed by atoms with E-state index in [0.29, 0.717) is 16.9 Å². The Balaban J connectivity index is 1.78. The molecule has 3 aromatic carbocycles. The fraction of sp³-hybridized carbons (Fsp3) is 0.214. The minimum Gasteiger partial charge on any atom is -0.507 e. The van der Waals surface area contributed by atoms with E-state index >= 15 is 0 Å². The highest BCUT2D eigenvalue weighted by Gasteiger charge is 2.46. The van der Waals surface area contributed by atoms with E-state index in [1.807, 2.05) is 50.2 Å². The second kappa shape index (κ2) is 9.83. The first kappa shape index (κ1) is 23.1. The van der Waals surface area contributed by atoms with Crippen LogP contribution in [0.4, 0.5) is 0 Å². The summed E-state index contributed by atoms with van der Waals surface area (Å²) in [5.41, 5.74) is 2.05. The van der Waals surface area contributed by atoms with Crippen LogP contribution >= 0.6 is 0 Å². The number of carbonyl (C=O) groups is 2. The summed E-state index contributed by atoms with van der Waals surface area (Å²) in [5, 5.41) is 11.1. The normalized spacial score (nSPS) is 17.3. The molecule has 0 bridgehead atoms. The van der Waals surface area contributed by atoms with Gasteiger partial charge in [0.05, 0.1) is 24.8 Å². The maximum absolute atomic E-state index is 13.2. The molecule has 3 aromatic rings. The zero-order chi connectivity index (χ0) is 24.2. The smallest absolute Gasteiger partial charge is 0.295 e. The van der Waals surface area contributed by atoms with E-state index < -0.39 is 17.7 Å². The minimum absolute atomic E-state index is 0.0507. The summed E-state index contributed by atoms with van der Waals surface area (Å²) in [4.78, 5) is 27.8. The van der Waals surface area contributed by atoms with Crippen molar-refractivity contribution in [2.45, 2.75) is 32.5 Å². The van der Waals surface area contributed by atoms with Crippen LogP contribution in [-0.2, 0) is 16.1 Å². The van der Waals surface area contributed by atoms with E-state index in [1.54, 1.807) is 49.6 Å². The molecule has 174 valence electrons. The standard InChI is InChI=1S/C28H27NO5/c1-18(2)34-22-14-12-19(13-15-22)17-29-25(21-10-7-11-23(16-21)33-3)24(27(31)28(29)32)26(30)20-8-5-4-6-9-20/h4-16,18,25,30H,17H2,1-3H3/b26-24-. The summed E-state index contributed by atoms with van der Waals surface area (Å²) in [6.07, 6.45) is 0.0507. The quantitative estimate of drug-likeness (QED) is 0.303. The lowest BCUT2D eigenvalue weighted by Gasteiger charge is -2.26. The molecule has 0 spiro atoms. The van der Waals surface area contributed by atoms with E-state index in [2.05, 4.69) is 0 Å². The molecule has 0 aromatic heterocycles. The van der Waals surface area contributed by atoms with Gasteiger partial charge in [-0.1, -0.05) is 54.6 Å². The van der Waals surface area contributed by atoms with Crippen molar-refractivity contribution >= 4 is 17.4 Å². The molecule has 6 heteroatoms. The number of hydrogen-bond donors (Lipinski definition) is 1. The van der Waals surface area contributed by atoms with Crippen molar-refractivity contribution in [3.63, 3.8) is 0 Å². The van der Waals surface area contributed by atoms with Crippen molar-refractivity contribution in [1.29, 1.82) is 0 Å². The van der Waals surface area contributed by atoms with Crippen LogP contribution in [0, 0.1) is 0 Å². The Morgan fingerprint density at radius 3 is 2.29 bits per heavy atom. The SMILES string of the molecule is COc1cccc(C2/C(=C(/O)c3ccccc3)C(=O)C(=O)N2Cc2ccc(OC(C)C)cc2)c1. The van der Waals surface area contributed by atoms with E-state index in [0.717, 1.165) is 11.3 Å². The number of hydrogen-bond acceptors (Lipinski definition) is 5. The molecule has 0 radical (unpaired) electrons. The molecule has 1 heterocycles. The fourth-order valence-electron chi connectivity index (χ4n) is 4.10. The molecule has 34 heavy (non-hydrogen) atoms. The van der Waals surface area contributed by atoms with Crippen LogP contribution in [0.5, 0.6) is 11.5 Å². The number of carbonyl (C=O) groups excluding carboxylic acids is 2. The molecule has 1 amide bonds. The third-order valence-electron chi connectivity index (χ3n) is 5.64. The molecular formula is C28H27NO5. The number of aliphatic hydroxyl groups excluding tert-OH is 1. The predicted molar refractivity (Wildman–Crippen MR) is 129 cm³/mol. The molecule has 4 rings (SSSR count). The lowest BCUT2D eigenvalue weighted by molar-refractivity contribution is -0.140. The van der Waals surface area contributed by atoms with Gasteiger partial charge in [0, 0.05) is 12.1 Å². The van der Waals surface area contributed by atoms with E-state index in [9.17, 15) is 14.7 Å². The highest BCUT2D eigenvalue weighted by atomic mass is 16.5. The van der Waals surface area contributed by atoms with Crippen LogP contribution in [-0.4, -0.2) is 34.9 Å². The number of ether oxygens (including phenoxy) is 2. The number of nitrogens with zero attached hydrogens (tertiary/aromatic N) is 1. The van der Waals surface area contributed by atoms with Gasteiger partial charge in [0.2, 0.25) is 0 Å². The summed E-state index contributed by atoms with van der Waals surface area (Å²) >= 11 is 0. The van der Waals surface area contributed by atoms with Crippen LogP contribution in [0.25, 0.3) is 5.76 Å². The number of amides is 1. The number of methoxy groups -OCH3 is 1. The Bertz CT molecular complexity index is 1220. The van der Waals surface area contributed by atoms with Crippen LogP contribution in [0.3, 0.4) is 0 Å². The van der Waals surface area contributed by atoms with Crippen molar-refractivity contribution < 1.29 is 24.2 Å². The van der Waals surface area contributed by atoms with Gasteiger partial charge in [-0.05, 0) is 49.2 Å². The first-order valence-electron chi connectivity index (χ1n) is 11.1. The van der Waals surface area contributed by atoms with Crippen LogP contribution < -0.4 is 9.47 Å². The van der Waals surface area contributed by atoms with Gasteiger partial charge in [-0.3, -0.25) is 9.59 Å². The van der Waals surface area contributed by atoms with E-state index in [1.165, 1.54) is 4.90 Å². The van der Waals surface area contributed by atoms with Crippen molar-refractivity contribution in [1.82, 2.24) is 4.90 Å². The Hall–Kier alpha value is -4.06. The summed E-state index contributed by atoms with van der Waals surface area (Å²) in [5.74, 6) is -0.246. The lowest BCUT2D eigenvalue weighted by Crippen LogP contribution is -2.29. The Morgan fingerprint density at radius 1 is 0.941 bits per heavy atom. The second-order valence-corrected chi connectivity index (χ2v) is 8.38. The van der Waals surface area contributed by atoms with Gasteiger partial charge < -0.3 is 19.5 Å². The summed E-state index contributed by atoms with van der Waals surface area (Å²) in [6, 6.07) is 22.6. The Labute approximate surface area is 199 Å². The maximum Gasteiger partial charge on any atom is 0.295 e. The molecular weight excluding hydrogens is 430 g/mol. The second-order valence-electron chi connectivity index (χ2n) is 8.38. The average molecular weight is 458 g/mol. The van der Waals surface area contributed by atoms with Gasteiger partial charge in [0.25, 0.3) is 11.7 Å². The van der Waals surface area contributed by atoms with Gasteiger partial charge in [-0.15, -0.1) is 0 Å². The molecule has 6 nitrogen and oxygen atoms in total. The topological polar surface area (TPSA) is 76.1 Å². The largest absolute Gasteiger partial charge is 0.507 e. The average Bonchev–Trinajstić information content (AvgIpc) is 3.10. The molecule has 1 N–H and O–H groups in total. The number of rotatable bonds is 7. The van der Waals surface area contributed by atoms with Crippen molar-refractivity contribution in [3.8, 4) is 11.5 Å². The van der Waals surface area contributed by atoms with Gasteiger partial charge in [-0.2, -0.15) is 0 Å². The van der Waals surface area contributed by atoms with Gasteiger partial charge in [0.1, 0.15) is 17.3 Å². The summed E-state index contributed by atoms with van der Waals surface area (Å²) < 4.78 is 11.1. The van der Waals surface area contributed by atoms with Crippen molar-refractivity contribution in [2.75, 3.05) is 7.11 Å². The predicted octanol–water partition coefficient (Wildman–Crippen LogP) is 5.10. The van der Waals surface area contributed by atoms with Crippen molar-refractivity contribution in [2.24, 2.45) is 0 Å². The van der Waals surface area contributed by atoms with Crippen molar-refractivity contribution in [3.05, 3.63) is 101 Å². The Morgan fingerprint density at radius 2 is 1.65 bits per heavy atom. The lowest BCUT2D eigenvalue weighted by atomic mass is 9.95. The molecule has 1 aliphatic rings. The molecule has 1 saturated heterocycles. The van der Waals surface area contributed by atoms with E-state index in [4.69, 9.17) is 9.47 Å². The third kappa shape index (κ3) is 4.66. The van der Waals surface area contributed by atoms with Gasteiger partial charge >= 0.3 is 0 Å². The number of benzene rings is 3. The first-order chi connectivity index (χ1) is 16.4. The molecule has 1 unspecified atom stereocenters. The number of likely N-dealkylation sites (tertiary alicyclic amines) is 1. The molecule has 1 atom stereocenters. The van der Waals surface area contributed by atoms with Gasteiger partial charge in [-0.25, -0.2) is 0 Å². The fourth-order valence-corrected chi connectivity index (χ4v) is 4.10.